The molecule has 0 aliphatic rings. The fraction of sp³-hybridized carbons (Fsp3) is 0.190. The average molecular weight is 306 g/mol. The van der Waals surface area contributed by atoms with Crippen molar-refractivity contribution in [1.82, 2.24) is 0 Å². The Hall–Kier alpha value is -2.61. The molecule has 3 rings (SSSR count). The number of benzene rings is 3. The lowest BCUT2D eigenvalue weighted by molar-refractivity contribution is 1.35. The topological polar surface area (TPSA) is 24.4 Å². The summed E-state index contributed by atoms with van der Waals surface area (Å²) in [6.45, 7) is 8.00. The Bertz CT molecular complexity index is 698. The first-order chi connectivity index (χ1) is 11.4. The molecule has 0 saturated carbocycles. The predicted molar refractivity (Wildman–Crippen MR) is 104 cm³/mol. The highest BCUT2D eigenvalue weighted by molar-refractivity contribution is 5.99. The lowest BCUT2D eigenvalue weighted by Crippen LogP contribution is -1.90. The Morgan fingerprint density at radius 3 is 2.04 bits per heavy atom. The molecule has 0 aliphatic heterocycles. The van der Waals surface area contributed by atoms with Crippen molar-refractivity contribution in [3.8, 4) is 0 Å². The molecule has 0 heterocycles. The molecule has 0 aromatic heterocycles. The van der Waals surface area contributed by atoms with E-state index in [-0.39, 0.29) is 0 Å². The van der Waals surface area contributed by atoms with Gasteiger partial charge in [-0.05, 0) is 22.9 Å². The van der Waals surface area contributed by atoms with E-state index in [0.29, 0.717) is 0 Å². The van der Waals surface area contributed by atoms with Crippen molar-refractivity contribution >= 4 is 22.7 Å². The normalized spacial score (nSPS) is 9.57. The van der Waals surface area contributed by atoms with Crippen molar-refractivity contribution in [1.29, 1.82) is 0 Å². The summed E-state index contributed by atoms with van der Waals surface area (Å²) >= 11 is 0. The number of anilines is 1. The van der Waals surface area contributed by atoms with Gasteiger partial charge >= 0.3 is 0 Å². The summed E-state index contributed by atoms with van der Waals surface area (Å²) < 4.78 is 0. The Balaban J connectivity index is 0.000000615. The quantitative estimate of drug-likeness (QED) is 0.443. The standard InChI is InChI=1S/C17H14N2.2C2H6/c1-2-10-16(11-3-1)19-18-13-15-9-6-8-14-7-4-5-12-17(14)15;2*1-2/h1-13,19H;2*1-2H3/b18-13+;;. The third-order valence-electron chi connectivity index (χ3n) is 2.99. The van der Waals surface area contributed by atoms with E-state index in [1.165, 1.54) is 10.8 Å². The monoisotopic (exact) mass is 306 g/mol. The molecule has 3 aromatic carbocycles. The van der Waals surface area contributed by atoms with Crippen molar-refractivity contribution in [2.45, 2.75) is 27.7 Å². The number of fused-ring (bicyclic) bond motifs is 1. The number of rotatable bonds is 3. The van der Waals surface area contributed by atoms with Crippen LogP contribution in [0, 0.1) is 0 Å². The number of nitrogens with zero attached hydrogens (tertiary/aromatic N) is 1. The lowest BCUT2D eigenvalue weighted by Gasteiger charge is -2.02. The van der Waals surface area contributed by atoms with Crippen LogP contribution in [0.3, 0.4) is 0 Å². The Kier molecular flexibility index (Phi) is 8.84. The summed E-state index contributed by atoms with van der Waals surface area (Å²) in [7, 11) is 0. The molecule has 0 saturated heterocycles. The van der Waals surface area contributed by atoms with E-state index in [1.807, 2.05) is 82.4 Å². The highest BCUT2D eigenvalue weighted by atomic mass is 15.3. The number of hydrogen-bond acceptors (Lipinski definition) is 2. The summed E-state index contributed by atoms with van der Waals surface area (Å²) in [6, 6.07) is 24.5. The van der Waals surface area contributed by atoms with Gasteiger partial charge in [0.25, 0.3) is 0 Å². The Morgan fingerprint density at radius 1 is 0.696 bits per heavy atom. The van der Waals surface area contributed by atoms with E-state index >= 15 is 0 Å². The molecule has 3 aromatic rings. The molecule has 0 bridgehead atoms. The molecule has 0 atom stereocenters. The maximum Gasteiger partial charge on any atom is 0.0561 e. The summed E-state index contributed by atoms with van der Waals surface area (Å²) in [6.07, 6.45) is 1.86. The minimum absolute atomic E-state index is 0.985. The fourth-order valence-corrected chi connectivity index (χ4v) is 2.05. The van der Waals surface area contributed by atoms with Gasteiger partial charge in [0.1, 0.15) is 0 Å². The second-order valence-corrected chi connectivity index (χ2v) is 4.30. The van der Waals surface area contributed by atoms with E-state index in [4.69, 9.17) is 0 Å². The van der Waals surface area contributed by atoms with Gasteiger partial charge < -0.3 is 0 Å². The molecule has 23 heavy (non-hydrogen) atoms. The zero-order valence-electron chi connectivity index (χ0n) is 14.5. The Labute approximate surface area is 139 Å². The van der Waals surface area contributed by atoms with Crippen LogP contribution in [0.1, 0.15) is 33.3 Å². The maximum absolute atomic E-state index is 4.29. The second-order valence-electron chi connectivity index (χ2n) is 4.30. The Morgan fingerprint density at radius 2 is 1.30 bits per heavy atom. The van der Waals surface area contributed by atoms with Crippen LogP contribution >= 0.6 is 0 Å². The fourth-order valence-electron chi connectivity index (χ4n) is 2.05. The van der Waals surface area contributed by atoms with Gasteiger partial charge in [0.15, 0.2) is 0 Å². The van der Waals surface area contributed by atoms with Gasteiger partial charge in [0, 0.05) is 5.56 Å². The van der Waals surface area contributed by atoms with Gasteiger partial charge in [0.05, 0.1) is 11.9 Å². The van der Waals surface area contributed by atoms with E-state index in [1.54, 1.807) is 0 Å². The molecular weight excluding hydrogens is 280 g/mol. The molecule has 0 spiro atoms. The first-order valence-corrected chi connectivity index (χ1v) is 8.25. The molecular formula is C21H26N2. The van der Waals surface area contributed by atoms with E-state index < -0.39 is 0 Å². The van der Waals surface area contributed by atoms with E-state index in [2.05, 4.69) is 34.8 Å². The minimum Gasteiger partial charge on any atom is -0.279 e. The second kappa shape index (κ2) is 11.0. The average Bonchev–Trinajstić information content (AvgIpc) is 2.66. The van der Waals surface area contributed by atoms with Gasteiger partial charge in [0.2, 0.25) is 0 Å². The highest BCUT2D eigenvalue weighted by Crippen LogP contribution is 2.16. The van der Waals surface area contributed by atoms with Crippen molar-refractivity contribution < 1.29 is 0 Å². The van der Waals surface area contributed by atoms with Gasteiger partial charge in [-0.3, -0.25) is 5.43 Å². The van der Waals surface area contributed by atoms with Gasteiger partial charge in [-0.15, -0.1) is 0 Å². The van der Waals surface area contributed by atoms with Crippen molar-refractivity contribution in [3.63, 3.8) is 0 Å². The third kappa shape index (κ3) is 5.59. The molecule has 0 aliphatic carbocycles. The van der Waals surface area contributed by atoms with Crippen molar-refractivity contribution in [2.24, 2.45) is 5.10 Å². The van der Waals surface area contributed by atoms with Crippen LogP contribution in [0.2, 0.25) is 0 Å². The van der Waals surface area contributed by atoms with Gasteiger partial charge in [-0.25, -0.2) is 0 Å². The minimum atomic E-state index is 0.985. The maximum atomic E-state index is 4.29. The van der Waals surface area contributed by atoms with Gasteiger partial charge in [-0.2, -0.15) is 5.10 Å². The van der Waals surface area contributed by atoms with Crippen LogP contribution < -0.4 is 5.43 Å². The first-order valence-electron chi connectivity index (χ1n) is 8.25. The van der Waals surface area contributed by atoms with Crippen LogP contribution in [-0.4, -0.2) is 6.21 Å². The third-order valence-corrected chi connectivity index (χ3v) is 2.99. The molecule has 0 fully saturated rings. The number of para-hydroxylation sites is 1. The summed E-state index contributed by atoms with van der Waals surface area (Å²) in [5, 5.41) is 6.73. The first kappa shape index (κ1) is 18.4. The highest BCUT2D eigenvalue weighted by Gasteiger charge is 1.96. The molecule has 0 unspecified atom stereocenters. The SMILES string of the molecule is C(=N\Nc1ccccc1)/c1cccc2ccccc12.CC.CC. The summed E-state index contributed by atoms with van der Waals surface area (Å²) in [4.78, 5) is 0. The lowest BCUT2D eigenvalue weighted by atomic mass is 10.1. The molecule has 1 N–H and O–H groups in total. The molecule has 0 radical (unpaired) electrons. The molecule has 2 heteroatoms. The van der Waals surface area contributed by atoms with Crippen LogP contribution in [0.5, 0.6) is 0 Å². The van der Waals surface area contributed by atoms with E-state index in [9.17, 15) is 0 Å². The van der Waals surface area contributed by atoms with Crippen LogP contribution in [0.15, 0.2) is 77.9 Å². The smallest absolute Gasteiger partial charge is 0.0561 e. The molecule has 2 nitrogen and oxygen atoms in total. The van der Waals surface area contributed by atoms with Crippen LogP contribution in [0.25, 0.3) is 10.8 Å². The molecule has 120 valence electrons. The van der Waals surface area contributed by atoms with Crippen LogP contribution in [0.4, 0.5) is 5.69 Å². The predicted octanol–water partition coefficient (Wildman–Crippen LogP) is 6.34. The number of hydrogen-bond donors (Lipinski definition) is 1. The van der Waals surface area contributed by atoms with Crippen LogP contribution in [-0.2, 0) is 0 Å². The van der Waals surface area contributed by atoms with Crippen molar-refractivity contribution in [2.75, 3.05) is 5.43 Å². The zero-order chi connectivity index (χ0) is 16.9. The van der Waals surface area contributed by atoms with Crippen molar-refractivity contribution in [3.05, 3.63) is 78.4 Å². The van der Waals surface area contributed by atoms with Gasteiger partial charge in [-0.1, -0.05) is 88.4 Å². The number of hydrazone groups is 1. The van der Waals surface area contributed by atoms with E-state index in [0.717, 1.165) is 11.3 Å². The summed E-state index contributed by atoms with van der Waals surface area (Å²) in [5.41, 5.74) is 5.12. The number of nitrogens with one attached hydrogen (secondary N) is 1. The zero-order valence-corrected chi connectivity index (χ0v) is 14.5. The summed E-state index contributed by atoms with van der Waals surface area (Å²) in [5.74, 6) is 0. The largest absolute Gasteiger partial charge is 0.279 e. The molecule has 0 amide bonds.